The van der Waals surface area contributed by atoms with Crippen LogP contribution in [0.4, 0.5) is 0 Å². The molecule has 1 aromatic rings. The molecule has 1 rings (SSSR count). The normalized spacial score (nSPS) is 11.3. The van der Waals surface area contributed by atoms with Crippen molar-refractivity contribution in [3.63, 3.8) is 0 Å². The van der Waals surface area contributed by atoms with E-state index in [1.165, 1.54) is 11.6 Å². The molecule has 0 bridgehead atoms. The summed E-state index contributed by atoms with van der Waals surface area (Å²) in [5.74, 6) is -0.122. The molecule has 98 valence electrons. The van der Waals surface area contributed by atoms with Gasteiger partial charge < -0.3 is 10.4 Å². The largest absolute Gasteiger partial charge is 0.392 e. The van der Waals surface area contributed by atoms with Gasteiger partial charge in [-0.2, -0.15) is 0 Å². The summed E-state index contributed by atoms with van der Waals surface area (Å²) in [5, 5.41) is 11.9. The summed E-state index contributed by atoms with van der Waals surface area (Å²) in [6, 6.07) is 10.0. The zero-order chi connectivity index (χ0) is 13.2. The molecule has 0 aliphatic carbocycles. The molecule has 3 nitrogen and oxygen atoms in total. The minimum Gasteiger partial charge on any atom is -0.392 e. The molecule has 3 heteroatoms. The Kier molecular flexibility index (Phi) is 6.81. The van der Waals surface area contributed by atoms with Crippen LogP contribution in [-0.4, -0.2) is 24.2 Å². The molecule has 0 fully saturated rings. The van der Waals surface area contributed by atoms with E-state index in [1.54, 1.807) is 0 Å². The molecule has 2 N–H and O–H groups in total. The predicted octanol–water partition coefficient (Wildman–Crippen LogP) is 2.06. The second kappa shape index (κ2) is 8.48. The van der Waals surface area contributed by atoms with Crippen LogP contribution in [0, 0.1) is 0 Å². The van der Waals surface area contributed by atoms with E-state index in [-0.39, 0.29) is 12.5 Å². The number of hydrogen-bond acceptors (Lipinski definition) is 2. The Bertz CT molecular complexity index is 385. The van der Waals surface area contributed by atoms with Crippen LogP contribution in [0.5, 0.6) is 0 Å². The van der Waals surface area contributed by atoms with Gasteiger partial charge in [-0.3, -0.25) is 4.79 Å². The van der Waals surface area contributed by atoms with Crippen molar-refractivity contribution in [3.05, 3.63) is 47.5 Å². The molecule has 0 aliphatic rings. The first-order valence-electron chi connectivity index (χ1n) is 6.38. The molecule has 1 aromatic carbocycles. The number of carbonyl (C=O) groups is 1. The Labute approximate surface area is 109 Å². The summed E-state index contributed by atoms with van der Waals surface area (Å²) in [6.07, 6.45) is 4.03. The van der Waals surface area contributed by atoms with E-state index in [4.69, 9.17) is 5.11 Å². The van der Waals surface area contributed by atoms with Gasteiger partial charge in [-0.15, -0.1) is 0 Å². The molecule has 18 heavy (non-hydrogen) atoms. The van der Waals surface area contributed by atoms with E-state index in [2.05, 4.69) is 5.32 Å². The number of nitrogens with one attached hydrogen (secondary N) is 1. The molecule has 0 heterocycles. The second-order valence-corrected chi connectivity index (χ2v) is 4.24. The highest BCUT2D eigenvalue weighted by atomic mass is 16.3. The standard InChI is InChI=1S/C15H21NO2/c1-2-6-14(12-17)11-15(18)16-10-9-13-7-4-3-5-8-13/h3-5,7-8,11,17H,2,6,9-10,12H2,1H3,(H,16,18). The third kappa shape index (κ3) is 5.64. The van der Waals surface area contributed by atoms with E-state index in [0.29, 0.717) is 6.54 Å². The van der Waals surface area contributed by atoms with Crippen LogP contribution in [0.25, 0.3) is 0 Å². The fraction of sp³-hybridized carbons (Fsp3) is 0.400. The summed E-state index contributed by atoms with van der Waals surface area (Å²) in [4.78, 5) is 11.6. The van der Waals surface area contributed by atoms with E-state index >= 15 is 0 Å². The summed E-state index contributed by atoms with van der Waals surface area (Å²) < 4.78 is 0. The van der Waals surface area contributed by atoms with Crippen LogP contribution in [0.1, 0.15) is 25.3 Å². The Hall–Kier alpha value is -1.61. The molecule has 0 atom stereocenters. The molecule has 0 spiro atoms. The van der Waals surface area contributed by atoms with Crippen LogP contribution in [-0.2, 0) is 11.2 Å². The Morgan fingerprint density at radius 3 is 2.67 bits per heavy atom. The van der Waals surface area contributed by atoms with Gasteiger partial charge in [0.15, 0.2) is 0 Å². The highest BCUT2D eigenvalue weighted by Gasteiger charge is 2.00. The topological polar surface area (TPSA) is 49.3 Å². The molecule has 0 saturated heterocycles. The maximum absolute atomic E-state index is 11.6. The van der Waals surface area contributed by atoms with Gasteiger partial charge in [0, 0.05) is 12.6 Å². The highest BCUT2D eigenvalue weighted by molar-refractivity contribution is 5.88. The van der Waals surface area contributed by atoms with Gasteiger partial charge in [-0.1, -0.05) is 43.7 Å². The van der Waals surface area contributed by atoms with E-state index < -0.39 is 0 Å². The third-order valence-corrected chi connectivity index (χ3v) is 2.67. The summed E-state index contributed by atoms with van der Waals surface area (Å²) in [7, 11) is 0. The van der Waals surface area contributed by atoms with Crippen LogP contribution in [0.15, 0.2) is 42.0 Å². The first-order chi connectivity index (χ1) is 8.76. The van der Waals surface area contributed by atoms with Crippen LogP contribution in [0.2, 0.25) is 0 Å². The molecule has 0 radical (unpaired) electrons. The van der Waals surface area contributed by atoms with Gasteiger partial charge in [0.2, 0.25) is 5.91 Å². The quantitative estimate of drug-likeness (QED) is 0.725. The number of benzene rings is 1. The highest BCUT2D eigenvalue weighted by Crippen LogP contribution is 2.03. The minimum atomic E-state index is -0.122. The van der Waals surface area contributed by atoms with Crippen molar-refractivity contribution < 1.29 is 9.90 Å². The third-order valence-electron chi connectivity index (χ3n) is 2.67. The van der Waals surface area contributed by atoms with Crippen molar-refractivity contribution in [2.24, 2.45) is 0 Å². The Morgan fingerprint density at radius 1 is 1.33 bits per heavy atom. The first-order valence-corrected chi connectivity index (χ1v) is 6.38. The summed E-state index contributed by atoms with van der Waals surface area (Å²) >= 11 is 0. The van der Waals surface area contributed by atoms with Gasteiger partial charge in [0.1, 0.15) is 0 Å². The average Bonchev–Trinajstić information content (AvgIpc) is 2.39. The Morgan fingerprint density at radius 2 is 2.06 bits per heavy atom. The van der Waals surface area contributed by atoms with Crippen LogP contribution >= 0.6 is 0 Å². The molecular weight excluding hydrogens is 226 g/mol. The number of amides is 1. The smallest absolute Gasteiger partial charge is 0.244 e. The summed E-state index contributed by atoms with van der Waals surface area (Å²) in [5.41, 5.74) is 1.99. The number of aliphatic hydroxyl groups is 1. The molecule has 0 saturated carbocycles. The van der Waals surface area contributed by atoms with E-state index in [9.17, 15) is 4.79 Å². The zero-order valence-corrected chi connectivity index (χ0v) is 10.9. The van der Waals surface area contributed by atoms with Gasteiger partial charge >= 0.3 is 0 Å². The number of aliphatic hydroxyl groups excluding tert-OH is 1. The lowest BCUT2D eigenvalue weighted by molar-refractivity contribution is -0.116. The summed E-state index contributed by atoms with van der Waals surface area (Å²) in [6.45, 7) is 2.60. The lowest BCUT2D eigenvalue weighted by Gasteiger charge is -2.04. The van der Waals surface area contributed by atoms with Crippen molar-refractivity contribution in [3.8, 4) is 0 Å². The first kappa shape index (κ1) is 14.5. The molecule has 1 amide bonds. The second-order valence-electron chi connectivity index (χ2n) is 4.24. The fourth-order valence-corrected chi connectivity index (χ4v) is 1.73. The number of hydrogen-bond donors (Lipinski definition) is 2. The van der Waals surface area contributed by atoms with Crippen molar-refractivity contribution in [1.29, 1.82) is 0 Å². The van der Waals surface area contributed by atoms with Crippen molar-refractivity contribution >= 4 is 5.91 Å². The molecule has 0 aromatic heterocycles. The molecule has 0 aliphatic heterocycles. The maximum Gasteiger partial charge on any atom is 0.244 e. The molecular formula is C15H21NO2. The maximum atomic E-state index is 11.6. The van der Waals surface area contributed by atoms with Gasteiger partial charge in [0.05, 0.1) is 6.61 Å². The average molecular weight is 247 g/mol. The minimum absolute atomic E-state index is 0.0417. The zero-order valence-electron chi connectivity index (χ0n) is 10.9. The van der Waals surface area contributed by atoms with Crippen molar-refractivity contribution in [2.45, 2.75) is 26.2 Å². The monoisotopic (exact) mass is 247 g/mol. The SMILES string of the molecule is CCCC(=CC(=O)NCCc1ccccc1)CO. The van der Waals surface area contributed by atoms with Crippen LogP contribution in [0.3, 0.4) is 0 Å². The fourth-order valence-electron chi connectivity index (χ4n) is 1.73. The molecule has 0 unspecified atom stereocenters. The van der Waals surface area contributed by atoms with Crippen molar-refractivity contribution in [2.75, 3.05) is 13.2 Å². The van der Waals surface area contributed by atoms with Crippen LogP contribution < -0.4 is 5.32 Å². The van der Waals surface area contributed by atoms with Gasteiger partial charge in [0.25, 0.3) is 0 Å². The van der Waals surface area contributed by atoms with Crippen molar-refractivity contribution in [1.82, 2.24) is 5.32 Å². The lowest BCUT2D eigenvalue weighted by atomic mass is 10.1. The predicted molar refractivity (Wildman–Crippen MR) is 73.2 cm³/mol. The van der Waals surface area contributed by atoms with E-state index in [1.807, 2.05) is 37.3 Å². The van der Waals surface area contributed by atoms with E-state index in [0.717, 1.165) is 24.8 Å². The lowest BCUT2D eigenvalue weighted by Crippen LogP contribution is -2.24. The van der Waals surface area contributed by atoms with Gasteiger partial charge in [-0.25, -0.2) is 0 Å². The number of rotatable bonds is 7. The number of carbonyl (C=O) groups excluding carboxylic acids is 1. The van der Waals surface area contributed by atoms with Gasteiger partial charge in [-0.05, 0) is 24.0 Å². The Balaban J connectivity index is 2.33.